The molecule has 1 N–H and O–H groups in total. The molecule has 0 aliphatic heterocycles. The zero-order valence-electron chi connectivity index (χ0n) is 14.5. The number of nitrogens with one attached hydrogen (secondary N) is 1. The van der Waals surface area contributed by atoms with Gasteiger partial charge in [0.1, 0.15) is 0 Å². The second kappa shape index (κ2) is 8.87. The number of carbonyl (C=O) groups is 1. The summed E-state index contributed by atoms with van der Waals surface area (Å²) < 4.78 is 24.5. The number of carbonyl (C=O) groups excluding carboxylic acids is 1. The molecular weight excluding hydrogens is 389 g/mol. The van der Waals surface area contributed by atoms with Gasteiger partial charge in [-0.1, -0.05) is 0 Å². The van der Waals surface area contributed by atoms with Crippen molar-refractivity contribution < 1.29 is 18.7 Å². The fourth-order valence-electron chi connectivity index (χ4n) is 2.09. The number of hydrogen-bond acceptors (Lipinski definition) is 7. The number of hydrazone groups is 1. The third-order valence-electron chi connectivity index (χ3n) is 3.40. The Labute approximate surface area is 164 Å². The average Bonchev–Trinajstić information content (AvgIpc) is 2.71. The molecule has 3 aromatic rings. The van der Waals surface area contributed by atoms with E-state index in [-0.39, 0.29) is 22.8 Å². The molecule has 0 bridgehead atoms. The van der Waals surface area contributed by atoms with Crippen molar-refractivity contribution >= 4 is 23.7 Å². The smallest absolute Gasteiger partial charge is 0.271 e. The zero-order valence-corrected chi connectivity index (χ0v) is 15.2. The molecule has 1 aromatic carbocycles. The topological polar surface area (TPSA) is 98.6 Å². The Morgan fingerprint density at radius 1 is 1.25 bits per heavy atom. The molecule has 2 heterocycles. The number of halogens is 2. The standard InChI is InChI=1S/C18H13ClFN5O3/c1-27-14-3-2-11(9-23-25-16(26)12-4-6-21-7-5-12)8-15(14)28-17-13(20)10-22-18(19)24-17/h2-10H,1H3,(H,25,26). The van der Waals surface area contributed by atoms with Gasteiger partial charge in [-0.3, -0.25) is 9.78 Å². The molecule has 1 amide bonds. The van der Waals surface area contributed by atoms with Gasteiger partial charge in [0.25, 0.3) is 11.8 Å². The van der Waals surface area contributed by atoms with Crippen LogP contribution in [0.2, 0.25) is 5.28 Å². The van der Waals surface area contributed by atoms with Crippen LogP contribution in [0.1, 0.15) is 15.9 Å². The Kier molecular flexibility index (Phi) is 6.07. The Morgan fingerprint density at radius 3 is 2.79 bits per heavy atom. The predicted octanol–water partition coefficient (Wildman–Crippen LogP) is 3.23. The summed E-state index contributed by atoms with van der Waals surface area (Å²) in [5, 5.41) is 3.73. The van der Waals surface area contributed by atoms with Crippen molar-refractivity contribution in [2.24, 2.45) is 5.10 Å². The van der Waals surface area contributed by atoms with Crippen molar-refractivity contribution in [2.45, 2.75) is 0 Å². The van der Waals surface area contributed by atoms with E-state index in [0.29, 0.717) is 16.9 Å². The van der Waals surface area contributed by atoms with Crippen LogP contribution < -0.4 is 14.9 Å². The van der Waals surface area contributed by atoms with E-state index in [9.17, 15) is 9.18 Å². The maximum atomic E-state index is 13.8. The number of nitrogens with zero attached hydrogens (tertiary/aromatic N) is 4. The SMILES string of the molecule is COc1ccc(C=NNC(=O)c2ccncc2)cc1Oc1nc(Cl)ncc1F. The molecule has 0 unspecified atom stereocenters. The third-order valence-corrected chi connectivity index (χ3v) is 3.58. The Balaban J connectivity index is 1.77. The lowest BCUT2D eigenvalue weighted by molar-refractivity contribution is 0.0955. The van der Waals surface area contributed by atoms with Crippen molar-refractivity contribution in [1.82, 2.24) is 20.4 Å². The van der Waals surface area contributed by atoms with E-state index < -0.39 is 5.82 Å². The summed E-state index contributed by atoms with van der Waals surface area (Å²) in [6.07, 6.45) is 5.31. The van der Waals surface area contributed by atoms with Gasteiger partial charge in [-0.2, -0.15) is 14.5 Å². The number of hydrogen-bond donors (Lipinski definition) is 1. The van der Waals surface area contributed by atoms with Gasteiger partial charge in [-0.25, -0.2) is 10.4 Å². The number of benzene rings is 1. The fourth-order valence-corrected chi connectivity index (χ4v) is 2.22. The molecule has 3 rings (SSSR count). The molecule has 0 atom stereocenters. The Morgan fingerprint density at radius 2 is 2.04 bits per heavy atom. The van der Waals surface area contributed by atoms with Gasteiger partial charge in [0.2, 0.25) is 11.1 Å². The number of ether oxygens (including phenoxy) is 2. The summed E-state index contributed by atoms with van der Waals surface area (Å²) in [6, 6.07) is 7.94. The largest absolute Gasteiger partial charge is 0.493 e. The zero-order chi connectivity index (χ0) is 19.9. The van der Waals surface area contributed by atoms with E-state index >= 15 is 0 Å². The summed E-state index contributed by atoms with van der Waals surface area (Å²) >= 11 is 5.67. The lowest BCUT2D eigenvalue weighted by Gasteiger charge is -2.10. The highest BCUT2D eigenvalue weighted by Gasteiger charge is 2.13. The first-order valence-electron chi connectivity index (χ1n) is 7.84. The maximum absolute atomic E-state index is 13.8. The van der Waals surface area contributed by atoms with Crippen molar-refractivity contribution in [3.63, 3.8) is 0 Å². The quantitative estimate of drug-likeness (QED) is 0.387. The second-order valence-corrected chi connectivity index (χ2v) is 5.58. The normalized spacial score (nSPS) is 10.7. The second-order valence-electron chi connectivity index (χ2n) is 5.24. The molecule has 2 aromatic heterocycles. The first-order chi connectivity index (χ1) is 13.6. The van der Waals surface area contributed by atoms with Gasteiger partial charge >= 0.3 is 0 Å². The predicted molar refractivity (Wildman–Crippen MR) is 99.4 cm³/mol. The Hall–Kier alpha value is -3.59. The fraction of sp³-hybridized carbons (Fsp3) is 0.0556. The molecule has 0 saturated carbocycles. The molecule has 0 fully saturated rings. The summed E-state index contributed by atoms with van der Waals surface area (Å²) in [4.78, 5) is 23.0. The van der Waals surface area contributed by atoms with Gasteiger partial charge < -0.3 is 9.47 Å². The molecule has 0 aliphatic rings. The van der Waals surface area contributed by atoms with Crippen LogP contribution in [-0.2, 0) is 0 Å². The number of amides is 1. The maximum Gasteiger partial charge on any atom is 0.271 e. The Bertz CT molecular complexity index is 1020. The molecule has 0 radical (unpaired) electrons. The van der Waals surface area contributed by atoms with Crippen LogP contribution >= 0.6 is 11.6 Å². The lowest BCUT2D eigenvalue weighted by Crippen LogP contribution is -2.17. The first-order valence-corrected chi connectivity index (χ1v) is 8.22. The number of rotatable bonds is 6. The van der Waals surface area contributed by atoms with E-state index in [1.54, 1.807) is 24.3 Å². The van der Waals surface area contributed by atoms with Gasteiger partial charge in [0.15, 0.2) is 11.5 Å². The van der Waals surface area contributed by atoms with E-state index in [0.717, 1.165) is 6.20 Å². The molecule has 10 heteroatoms. The van der Waals surface area contributed by atoms with Crippen LogP contribution in [-0.4, -0.2) is 34.2 Å². The van der Waals surface area contributed by atoms with Crippen LogP contribution in [0.15, 0.2) is 54.0 Å². The molecule has 142 valence electrons. The van der Waals surface area contributed by atoms with Gasteiger partial charge in [-0.05, 0) is 47.5 Å². The van der Waals surface area contributed by atoms with Gasteiger partial charge in [0, 0.05) is 18.0 Å². The van der Waals surface area contributed by atoms with Gasteiger partial charge in [0.05, 0.1) is 19.5 Å². The molecule has 0 saturated heterocycles. The molecule has 0 aliphatic carbocycles. The third kappa shape index (κ3) is 4.77. The van der Waals surface area contributed by atoms with E-state index in [1.165, 1.54) is 31.8 Å². The van der Waals surface area contributed by atoms with Gasteiger partial charge in [-0.15, -0.1) is 0 Å². The lowest BCUT2D eigenvalue weighted by atomic mass is 10.2. The van der Waals surface area contributed by atoms with E-state index in [1.807, 2.05) is 0 Å². The highest BCUT2D eigenvalue weighted by atomic mass is 35.5. The van der Waals surface area contributed by atoms with Crippen LogP contribution in [0.5, 0.6) is 17.4 Å². The summed E-state index contributed by atoms with van der Waals surface area (Å²) in [5.41, 5.74) is 3.37. The minimum Gasteiger partial charge on any atom is -0.493 e. The molecular formula is C18H13ClFN5O3. The highest BCUT2D eigenvalue weighted by Crippen LogP contribution is 2.32. The van der Waals surface area contributed by atoms with Crippen molar-refractivity contribution in [2.75, 3.05) is 7.11 Å². The summed E-state index contributed by atoms with van der Waals surface area (Å²) in [5.74, 6) is -0.998. The van der Waals surface area contributed by atoms with E-state index in [4.69, 9.17) is 21.1 Å². The number of methoxy groups -OCH3 is 1. The van der Waals surface area contributed by atoms with E-state index in [2.05, 4.69) is 25.5 Å². The first kappa shape index (κ1) is 19.2. The van der Waals surface area contributed by atoms with Crippen molar-refractivity contribution in [3.05, 3.63) is 71.2 Å². The van der Waals surface area contributed by atoms with Crippen LogP contribution in [0, 0.1) is 5.82 Å². The highest BCUT2D eigenvalue weighted by molar-refractivity contribution is 6.28. The molecule has 28 heavy (non-hydrogen) atoms. The minimum absolute atomic E-state index is 0.160. The molecule has 8 nitrogen and oxygen atoms in total. The average molecular weight is 402 g/mol. The van der Waals surface area contributed by atoms with Crippen LogP contribution in [0.4, 0.5) is 4.39 Å². The number of aromatic nitrogens is 3. The van der Waals surface area contributed by atoms with Crippen molar-refractivity contribution in [3.8, 4) is 17.4 Å². The van der Waals surface area contributed by atoms with Crippen LogP contribution in [0.3, 0.4) is 0 Å². The summed E-state index contributed by atoms with van der Waals surface area (Å²) in [6.45, 7) is 0. The number of pyridine rings is 1. The minimum atomic E-state index is -0.782. The van der Waals surface area contributed by atoms with Crippen molar-refractivity contribution in [1.29, 1.82) is 0 Å². The monoisotopic (exact) mass is 401 g/mol. The summed E-state index contributed by atoms with van der Waals surface area (Å²) in [7, 11) is 1.44. The van der Waals surface area contributed by atoms with Crippen LogP contribution in [0.25, 0.3) is 0 Å². The molecule has 0 spiro atoms.